The van der Waals surface area contributed by atoms with Gasteiger partial charge in [-0.2, -0.15) is 0 Å². The molecule has 1 aliphatic heterocycles. The molecule has 24 heavy (non-hydrogen) atoms. The highest BCUT2D eigenvalue weighted by atomic mass is 16.5. The Morgan fingerprint density at radius 2 is 2.04 bits per heavy atom. The highest BCUT2D eigenvalue weighted by molar-refractivity contribution is 5.94. The number of carbonyl (C=O) groups excluding carboxylic acids is 1. The van der Waals surface area contributed by atoms with Crippen molar-refractivity contribution in [1.82, 2.24) is 10.3 Å². The van der Waals surface area contributed by atoms with Crippen LogP contribution in [0.25, 0.3) is 0 Å². The van der Waals surface area contributed by atoms with Crippen molar-refractivity contribution in [3.63, 3.8) is 0 Å². The third-order valence-electron chi connectivity index (χ3n) is 4.13. The zero-order chi connectivity index (χ0) is 16.8. The molecule has 1 N–H and O–H groups in total. The van der Waals surface area contributed by atoms with Crippen molar-refractivity contribution in [2.24, 2.45) is 0 Å². The van der Waals surface area contributed by atoms with Crippen molar-refractivity contribution in [1.29, 1.82) is 0 Å². The molecule has 0 radical (unpaired) electrons. The van der Waals surface area contributed by atoms with Gasteiger partial charge in [0.1, 0.15) is 12.4 Å². The average Bonchev–Trinajstić information content (AvgIpc) is 3.14. The number of nitrogens with zero attached hydrogens (tertiary/aromatic N) is 1. The summed E-state index contributed by atoms with van der Waals surface area (Å²) in [4.78, 5) is 16.3. The van der Waals surface area contributed by atoms with E-state index >= 15 is 0 Å². The summed E-state index contributed by atoms with van der Waals surface area (Å²) in [6.45, 7) is 3.33. The summed E-state index contributed by atoms with van der Waals surface area (Å²) in [6.07, 6.45) is 5.78. The van der Waals surface area contributed by atoms with Crippen molar-refractivity contribution in [2.75, 3.05) is 13.2 Å². The van der Waals surface area contributed by atoms with E-state index in [-0.39, 0.29) is 18.1 Å². The fourth-order valence-corrected chi connectivity index (χ4v) is 2.68. The Balaban J connectivity index is 1.53. The summed E-state index contributed by atoms with van der Waals surface area (Å²) in [5.41, 5.74) is 1.63. The fourth-order valence-electron chi connectivity index (χ4n) is 2.68. The Morgan fingerprint density at radius 1 is 1.29 bits per heavy atom. The molecule has 0 unspecified atom stereocenters. The third-order valence-corrected chi connectivity index (χ3v) is 4.13. The summed E-state index contributed by atoms with van der Waals surface area (Å²) in [5.74, 6) is 0.647. The lowest BCUT2D eigenvalue weighted by atomic mass is 10.1. The molecule has 3 rings (SSSR count). The van der Waals surface area contributed by atoms with Crippen LogP contribution in [0.1, 0.15) is 41.7 Å². The van der Waals surface area contributed by atoms with Crippen molar-refractivity contribution in [2.45, 2.75) is 31.9 Å². The molecule has 5 nitrogen and oxygen atoms in total. The van der Waals surface area contributed by atoms with Gasteiger partial charge in [0, 0.05) is 24.6 Å². The number of benzene rings is 1. The lowest BCUT2D eigenvalue weighted by Gasteiger charge is -2.15. The zero-order valence-corrected chi connectivity index (χ0v) is 13.8. The molecule has 0 spiro atoms. The predicted molar refractivity (Wildman–Crippen MR) is 91.0 cm³/mol. The first-order chi connectivity index (χ1) is 11.7. The Hall–Kier alpha value is -2.40. The molecule has 0 aliphatic carbocycles. The van der Waals surface area contributed by atoms with E-state index in [0.717, 1.165) is 30.8 Å². The van der Waals surface area contributed by atoms with Gasteiger partial charge in [0.2, 0.25) is 0 Å². The van der Waals surface area contributed by atoms with Crippen LogP contribution in [-0.4, -0.2) is 30.2 Å². The number of rotatable bonds is 6. The van der Waals surface area contributed by atoms with Gasteiger partial charge in [0.25, 0.3) is 5.91 Å². The van der Waals surface area contributed by atoms with E-state index < -0.39 is 0 Å². The van der Waals surface area contributed by atoms with Gasteiger partial charge in [0.05, 0.1) is 12.1 Å². The van der Waals surface area contributed by atoms with Crippen LogP contribution in [0.4, 0.5) is 0 Å². The maximum absolute atomic E-state index is 12.3. The molecule has 1 aromatic heterocycles. The quantitative estimate of drug-likeness (QED) is 0.886. The SMILES string of the molecule is C[C@H](NC(=O)c1ccc(OC[C@@H]2CCCO2)cc1)c1ccncc1. The molecule has 1 fully saturated rings. The average molecular weight is 326 g/mol. The molecule has 2 aromatic rings. The van der Waals surface area contributed by atoms with Crippen molar-refractivity contribution in [3.8, 4) is 5.75 Å². The van der Waals surface area contributed by atoms with Crippen LogP contribution in [0.5, 0.6) is 5.75 Å². The molecule has 1 aromatic carbocycles. The molecule has 2 atom stereocenters. The van der Waals surface area contributed by atoms with Gasteiger partial charge in [-0.1, -0.05) is 0 Å². The van der Waals surface area contributed by atoms with E-state index in [4.69, 9.17) is 9.47 Å². The lowest BCUT2D eigenvalue weighted by Crippen LogP contribution is -2.26. The van der Waals surface area contributed by atoms with Gasteiger partial charge in [-0.3, -0.25) is 9.78 Å². The Kier molecular flexibility index (Phi) is 5.43. The largest absolute Gasteiger partial charge is 0.491 e. The summed E-state index contributed by atoms with van der Waals surface area (Å²) in [5, 5.41) is 2.98. The fraction of sp³-hybridized carbons (Fsp3) is 0.368. The second-order valence-corrected chi connectivity index (χ2v) is 5.95. The van der Waals surface area contributed by atoms with Crippen molar-refractivity contribution >= 4 is 5.91 Å². The van der Waals surface area contributed by atoms with E-state index in [2.05, 4.69) is 10.3 Å². The van der Waals surface area contributed by atoms with Crippen LogP contribution in [0, 0.1) is 0 Å². The molecule has 2 heterocycles. The second-order valence-electron chi connectivity index (χ2n) is 5.95. The highest BCUT2D eigenvalue weighted by Gasteiger charge is 2.16. The number of aromatic nitrogens is 1. The first kappa shape index (κ1) is 16.5. The van der Waals surface area contributed by atoms with Crippen LogP contribution < -0.4 is 10.1 Å². The minimum atomic E-state index is -0.106. The van der Waals surface area contributed by atoms with Gasteiger partial charge in [-0.25, -0.2) is 0 Å². The summed E-state index contributed by atoms with van der Waals surface area (Å²) in [6, 6.07) is 10.9. The van der Waals surface area contributed by atoms with E-state index in [1.165, 1.54) is 0 Å². The van der Waals surface area contributed by atoms with Crippen molar-refractivity contribution in [3.05, 3.63) is 59.9 Å². The third kappa shape index (κ3) is 4.32. The minimum Gasteiger partial charge on any atom is -0.491 e. The summed E-state index contributed by atoms with van der Waals surface area (Å²) in [7, 11) is 0. The number of hydrogen-bond donors (Lipinski definition) is 1. The van der Waals surface area contributed by atoms with Crippen LogP contribution in [0.15, 0.2) is 48.8 Å². The number of carbonyl (C=O) groups is 1. The first-order valence-corrected chi connectivity index (χ1v) is 8.27. The maximum Gasteiger partial charge on any atom is 0.251 e. The number of hydrogen-bond acceptors (Lipinski definition) is 4. The zero-order valence-electron chi connectivity index (χ0n) is 13.8. The molecular weight excluding hydrogens is 304 g/mol. The van der Waals surface area contributed by atoms with E-state index in [1.54, 1.807) is 24.5 Å². The molecule has 1 amide bonds. The first-order valence-electron chi connectivity index (χ1n) is 8.27. The summed E-state index contributed by atoms with van der Waals surface area (Å²) < 4.78 is 11.2. The van der Waals surface area contributed by atoms with Crippen LogP contribution >= 0.6 is 0 Å². The number of nitrogens with one attached hydrogen (secondary N) is 1. The van der Waals surface area contributed by atoms with Gasteiger partial charge >= 0.3 is 0 Å². The van der Waals surface area contributed by atoms with Crippen LogP contribution in [-0.2, 0) is 4.74 Å². The van der Waals surface area contributed by atoms with Gasteiger partial charge in [-0.05, 0) is 61.7 Å². The topological polar surface area (TPSA) is 60.5 Å². The molecule has 1 aliphatic rings. The minimum absolute atomic E-state index is 0.0732. The van der Waals surface area contributed by atoms with E-state index in [1.807, 2.05) is 31.2 Å². The lowest BCUT2D eigenvalue weighted by molar-refractivity contribution is 0.0679. The van der Waals surface area contributed by atoms with Crippen molar-refractivity contribution < 1.29 is 14.3 Å². The van der Waals surface area contributed by atoms with E-state index in [0.29, 0.717) is 12.2 Å². The van der Waals surface area contributed by atoms with Gasteiger partial charge in [0.15, 0.2) is 0 Å². The van der Waals surface area contributed by atoms with Crippen LogP contribution in [0.3, 0.4) is 0 Å². The van der Waals surface area contributed by atoms with E-state index in [9.17, 15) is 4.79 Å². The smallest absolute Gasteiger partial charge is 0.251 e. The number of ether oxygens (including phenoxy) is 2. The predicted octanol–water partition coefficient (Wildman–Crippen LogP) is 3.13. The highest BCUT2D eigenvalue weighted by Crippen LogP contribution is 2.17. The van der Waals surface area contributed by atoms with Gasteiger partial charge in [-0.15, -0.1) is 0 Å². The molecule has 0 bridgehead atoms. The molecule has 1 saturated heterocycles. The Morgan fingerprint density at radius 3 is 2.71 bits per heavy atom. The molecular formula is C19H22N2O3. The normalized spacial score (nSPS) is 18.1. The Bertz CT molecular complexity index is 652. The maximum atomic E-state index is 12.3. The molecule has 126 valence electrons. The number of pyridine rings is 1. The second kappa shape index (κ2) is 7.93. The van der Waals surface area contributed by atoms with Gasteiger partial charge < -0.3 is 14.8 Å². The number of amides is 1. The monoisotopic (exact) mass is 326 g/mol. The Labute approximate surface area is 142 Å². The molecule has 5 heteroatoms. The van der Waals surface area contributed by atoms with Crippen LogP contribution in [0.2, 0.25) is 0 Å². The standard InChI is InChI=1S/C19H22N2O3/c1-14(15-8-10-20-11-9-15)21-19(22)16-4-6-17(7-5-16)24-13-18-3-2-12-23-18/h4-11,14,18H,2-3,12-13H2,1H3,(H,21,22)/t14-,18-/m0/s1. The molecule has 0 saturated carbocycles. The summed E-state index contributed by atoms with van der Waals surface area (Å²) >= 11 is 0.